The van der Waals surface area contributed by atoms with Gasteiger partial charge in [0.25, 0.3) is 0 Å². The number of guanidine groups is 1. The molecule has 1 saturated carbocycles. The fourth-order valence-electron chi connectivity index (χ4n) is 1.53. The van der Waals surface area contributed by atoms with Gasteiger partial charge in [-0.25, -0.2) is 4.99 Å². The van der Waals surface area contributed by atoms with Crippen LogP contribution in [-0.4, -0.2) is 24.5 Å². The van der Waals surface area contributed by atoms with Gasteiger partial charge in [0, 0.05) is 17.3 Å². The zero-order chi connectivity index (χ0) is 13.7. The van der Waals surface area contributed by atoms with E-state index in [-0.39, 0.29) is 36.4 Å². The number of hydrogen-bond acceptors (Lipinski definition) is 2. The van der Waals surface area contributed by atoms with Crippen LogP contribution in [0.15, 0.2) is 29.3 Å². The summed E-state index contributed by atoms with van der Waals surface area (Å²) in [5, 5.41) is 5.73. The minimum atomic E-state index is -0.227. The van der Waals surface area contributed by atoms with Crippen LogP contribution in [-0.2, 0) is 4.79 Å². The third kappa shape index (κ3) is 5.48. The SMILES string of the molecule is C#Cc1cccc(NC(=O)CN=C(N)NC2CC2)c1.I. The number of anilines is 1. The molecule has 0 heterocycles. The molecule has 20 heavy (non-hydrogen) atoms. The van der Waals surface area contributed by atoms with Crippen molar-refractivity contribution in [3.8, 4) is 12.3 Å². The van der Waals surface area contributed by atoms with Crippen molar-refractivity contribution in [3.05, 3.63) is 29.8 Å². The number of nitrogens with two attached hydrogens (primary N) is 1. The molecule has 0 spiro atoms. The van der Waals surface area contributed by atoms with Gasteiger partial charge in [0.15, 0.2) is 5.96 Å². The van der Waals surface area contributed by atoms with Crippen LogP contribution in [0, 0.1) is 12.3 Å². The molecule has 0 atom stereocenters. The van der Waals surface area contributed by atoms with Gasteiger partial charge in [-0.3, -0.25) is 4.79 Å². The quantitative estimate of drug-likeness (QED) is 0.317. The van der Waals surface area contributed by atoms with Crippen molar-refractivity contribution in [1.82, 2.24) is 5.32 Å². The Morgan fingerprint density at radius 3 is 2.90 bits per heavy atom. The third-order valence-corrected chi connectivity index (χ3v) is 2.64. The number of carbonyl (C=O) groups is 1. The van der Waals surface area contributed by atoms with Gasteiger partial charge < -0.3 is 16.4 Å². The molecule has 5 nitrogen and oxygen atoms in total. The number of nitrogens with zero attached hydrogens (tertiary/aromatic N) is 1. The van der Waals surface area contributed by atoms with Crippen molar-refractivity contribution in [3.63, 3.8) is 0 Å². The Morgan fingerprint density at radius 1 is 1.50 bits per heavy atom. The summed E-state index contributed by atoms with van der Waals surface area (Å²) in [6.45, 7) is -0.00810. The second-order valence-corrected chi connectivity index (χ2v) is 4.39. The van der Waals surface area contributed by atoms with Gasteiger partial charge in [-0.1, -0.05) is 12.0 Å². The lowest BCUT2D eigenvalue weighted by molar-refractivity contribution is -0.114. The van der Waals surface area contributed by atoms with Gasteiger partial charge in [-0.15, -0.1) is 30.4 Å². The molecule has 1 amide bonds. The molecule has 6 heteroatoms. The molecule has 2 rings (SSSR count). The van der Waals surface area contributed by atoms with Crippen LogP contribution in [0.2, 0.25) is 0 Å². The Kier molecular flexibility index (Phi) is 6.31. The molecule has 1 aliphatic rings. The highest BCUT2D eigenvalue weighted by Crippen LogP contribution is 2.17. The number of rotatable bonds is 4. The Balaban J connectivity index is 0.00000200. The molecular weight excluding hydrogens is 367 g/mol. The lowest BCUT2D eigenvalue weighted by Gasteiger charge is -2.05. The standard InChI is InChI=1S/C14H16N4O.HI/c1-2-10-4-3-5-12(8-10)17-13(19)9-16-14(15)18-11-6-7-11;/h1,3-5,8,11H,6-7,9H2,(H,17,19)(H3,15,16,18);1H. The topological polar surface area (TPSA) is 79.5 Å². The maximum Gasteiger partial charge on any atom is 0.246 e. The average Bonchev–Trinajstić information content (AvgIpc) is 3.20. The van der Waals surface area contributed by atoms with Crippen LogP contribution in [0.1, 0.15) is 18.4 Å². The van der Waals surface area contributed by atoms with E-state index in [0.717, 1.165) is 18.4 Å². The summed E-state index contributed by atoms with van der Waals surface area (Å²) < 4.78 is 0. The molecule has 0 radical (unpaired) electrons. The number of benzene rings is 1. The smallest absolute Gasteiger partial charge is 0.246 e. The predicted molar refractivity (Wildman–Crippen MR) is 91.1 cm³/mol. The summed E-state index contributed by atoms with van der Waals surface area (Å²) in [4.78, 5) is 15.6. The van der Waals surface area contributed by atoms with Gasteiger partial charge in [0.2, 0.25) is 5.91 Å². The molecule has 0 aliphatic heterocycles. The van der Waals surface area contributed by atoms with Crippen molar-refractivity contribution in [2.45, 2.75) is 18.9 Å². The highest BCUT2D eigenvalue weighted by atomic mass is 127. The van der Waals surface area contributed by atoms with Crippen molar-refractivity contribution >= 4 is 41.5 Å². The van der Waals surface area contributed by atoms with Crippen LogP contribution >= 0.6 is 24.0 Å². The highest BCUT2D eigenvalue weighted by molar-refractivity contribution is 14.0. The first-order chi connectivity index (χ1) is 9.17. The van der Waals surface area contributed by atoms with E-state index in [1.54, 1.807) is 24.3 Å². The number of hydrogen-bond donors (Lipinski definition) is 3. The summed E-state index contributed by atoms with van der Waals surface area (Å²) in [6, 6.07) is 7.52. The number of terminal acetylenes is 1. The maximum atomic E-state index is 11.7. The van der Waals surface area contributed by atoms with Crippen LogP contribution < -0.4 is 16.4 Å². The number of nitrogens with one attached hydrogen (secondary N) is 2. The van der Waals surface area contributed by atoms with Gasteiger partial charge >= 0.3 is 0 Å². The Hall–Kier alpha value is -1.75. The molecule has 0 aromatic heterocycles. The van der Waals surface area contributed by atoms with E-state index in [4.69, 9.17) is 12.2 Å². The van der Waals surface area contributed by atoms with Crippen molar-refractivity contribution in [2.24, 2.45) is 10.7 Å². The Labute approximate surface area is 135 Å². The molecule has 1 aromatic rings. The van der Waals surface area contributed by atoms with Crippen LogP contribution in [0.3, 0.4) is 0 Å². The van der Waals surface area contributed by atoms with Gasteiger partial charge in [-0.2, -0.15) is 0 Å². The lowest BCUT2D eigenvalue weighted by atomic mass is 10.2. The Bertz CT molecular complexity index is 546. The first kappa shape index (κ1) is 16.3. The van der Waals surface area contributed by atoms with Crippen LogP contribution in [0.25, 0.3) is 0 Å². The summed E-state index contributed by atoms with van der Waals surface area (Å²) in [5.74, 6) is 2.60. The molecule has 106 valence electrons. The molecule has 1 aromatic carbocycles. The van der Waals surface area contributed by atoms with Gasteiger partial charge in [-0.05, 0) is 31.0 Å². The predicted octanol–water partition coefficient (Wildman–Crippen LogP) is 1.29. The van der Waals surface area contributed by atoms with Gasteiger partial charge in [0.1, 0.15) is 6.54 Å². The van der Waals surface area contributed by atoms with E-state index in [9.17, 15) is 4.79 Å². The molecule has 0 unspecified atom stereocenters. The first-order valence-electron chi connectivity index (χ1n) is 6.10. The van der Waals surface area contributed by atoms with Crippen molar-refractivity contribution in [1.29, 1.82) is 0 Å². The largest absolute Gasteiger partial charge is 0.370 e. The molecule has 0 saturated heterocycles. The van der Waals surface area contributed by atoms with Crippen LogP contribution in [0.5, 0.6) is 0 Å². The van der Waals surface area contributed by atoms with E-state index < -0.39 is 0 Å². The zero-order valence-electron chi connectivity index (χ0n) is 10.9. The second kappa shape index (κ2) is 7.75. The average molecular weight is 384 g/mol. The van der Waals surface area contributed by atoms with Crippen molar-refractivity contribution < 1.29 is 4.79 Å². The van der Waals surface area contributed by atoms with Crippen molar-refractivity contribution in [2.75, 3.05) is 11.9 Å². The minimum absolute atomic E-state index is 0. The number of carbonyl (C=O) groups excluding carboxylic acids is 1. The minimum Gasteiger partial charge on any atom is -0.370 e. The molecular formula is C14H17IN4O. The monoisotopic (exact) mass is 384 g/mol. The summed E-state index contributed by atoms with van der Waals surface area (Å²) in [7, 11) is 0. The number of aliphatic imine (C=N–C) groups is 1. The number of halogens is 1. The molecule has 1 fully saturated rings. The summed E-state index contributed by atoms with van der Waals surface area (Å²) >= 11 is 0. The Morgan fingerprint density at radius 2 is 2.25 bits per heavy atom. The molecule has 1 aliphatic carbocycles. The zero-order valence-corrected chi connectivity index (χ0v) is 13.3. The maximum absolute atomic E-state index is 11.7. The fraction of sp³-hybridized carbons (Fsp3) is 0.286. The van der Waals surface area contributed by atoms with E-state index in [0.29, 0.717) is 17.7 Å². The molecule has 0 bridgehead atoms. The van der Waals surface area contributed by atoms with E-state index in [1.807, 2.05) is 0 Å². The normalized spacial score (nSPS) is 13.8. The molecule has 4 N–H and O–H groups in total. The highest BCUT2D eigenvalue weighted by Gasteiger charge is 2.21. The van der Waals surface area contributed by atoms with E-state index in [1.165, 1.54) is 0 Å². The summed E-state index contributed by atoms with van der Waals surface area (Å²) in [6.07, 6.45) is 7.52. The number of amides is 1. The first-order valence-corrected chi connectivity index (χ1v) is 6.10. The lowest BCUT2D eigenvalue weighted by Crippen LogP contribution is -2.34. The van der Waals surface area contributed by atoms with Gasteiger partial charge in [0.05, 0.1) is 0 Å². The van der Waals surface area contributed by atoms with Crippen LogP contribution in [0.4, 0.5) is 5.69 Å². The summed E-state index contributed by atoms with van der Waals surface area (Å²) in [5.41, 5.74) is 7.01. The fourth-order valence-corrected chi connectivity index (χ4v) is 1.53. The van der Waals surface area contributed by atoms with E-state index in [2.05, 4.69) is 21.5 Å². The second-order valence-electron chi connectivity index (χ2n) is 4.39. The van der Waals surface area contributed by atoms with E-state index >= 15 is 0 Å². The third-order valence-electron chi connectivity index (χ3n) is 2.64.